The van der Waals surface area contributed by atoms with E-state index in [1.165, 1.54) is 11.3 Å². The Hall–Kier alpha value is -0.420. The minimum absolute atomic E-state index is 0.543. The summed E-state index contributed by atoms with van der Waals surface area (Å²) in [5.41, 5.74) is 0. The van der Waals surface area contributed by atoms with Crippen molar-refractivity contribution < 1.29 is 4.74 Å². The maximum absolute atomic E-state index is 5.47. The molecule has 0 aromatic carbocycles. The average molecular weight is 254 g/mol. The summed E-state index contributed by atoms with van der Waals surface area (Å²) in [5.74, 6) is 0. The van der Waals surface area contributed by atoms with Gasteiger partial charge in [0.1, 0.15) is 0 Å². The Morgan fingerprint density at radius 3 is 3.18 bits per heavy atom. The van der Waals surface area contributed by atoms with Gasteiger partial charge in [-0.3, -0.25) is 4.90 Å². The number of ether oxygens (including phenoxy) is 1. The highest BCUT2D eigenvalue weighted by Gasteiger charge is 2.14. The van der Waals surface area contributed by atoms with Crippen molar-refractivity contribution in [1.82, 2.24) is 10.2 Å². The molecule has 96 valence electrons. The zero-order valence-electron chi connectivity index (χ0n) is 10.5. The number of nitrogens with zero attached hydrogens (tertiary/aromatic N) is 1. The molecule has 0 aliphatic carbocycles. The first-order valence-corrected chi connectivity index (χ1v) is 7.32. The number of hydrogen-bond donors (Lipinski definition) is 1. The molecule has 1 N–H and O–H groups in total. The number of hydrogen-bond acceptors (Lipinski definition) is 4. The molecule has 2 heterocycles. The van der Waals surface area contributed by atoms with Gasteiger partial charge in [0.25, 0.3) is 0 Å². The van der Waals surface area contributed by atoms with Crippen LogP contribution in [0, 0.1) is 0 Å². The summed E-state index contributed by atoms with van der Waals surface area (Å²) in [5, 5.41) is 5.66. The Morgan fingerprint density at radius 2 is 2.53 bits per heavy atom. The highest BCUT2D eigenvalue weighted by molar-refractivity contribution is 7.09. The van der Waals surface area contributed by atoms with Crippen molar-refractivity contribution in [3.05, 3.63) is 22.4 Å². The van der Waals surface area contributed by atoms with Crippen LogP contribution in [-0.4, -0.2) is 43.8 Å². The minimum Gasteiger partial charge on any atom is -0.379 e. The fourth-order valence-electron chi connectivity index (χ4n) is 2.12. The maximum atomic E-state index is 5.47. The molecular weight excluding hydrogens is 232 g/mol. The lowest BCUT2D eigenvalue weighted by Gasteiger charge is -2.27. The summed E-state index contributed by atoms with van der Waals surface area (Å²) in [4.78, 5) is 3.96. The molecule has 1 saturated heterocycles. The van der Waals surface area contributed by atoms with Crippen molar-refractivity contribution in [2.24, 2.45) is 0 Å². The Bertz CT molecular complexity index is 296. The summed E-state index contributed by atoms with van der Waals surface area (Å²) in [7, 11) is 0. The van der Waals surface area contributed by atoms with Gasteiger partial charge in [0.15, 0.2) is 0 Å². The van der Waals surface area contributed by atoms with Gasteiger partial charge < -0.3 is 10.1 Å². The van der Waals surface area contributed by atoms with Gasteiger partial charge in [-0.25, -0.2) is 0 Å². The molecule has 1 aromatic rings. The second-order valence-electron chi connectivity index (χ2n) is 4.46. The SMILES string of the molecule is CCN(CCC1COCCN1)Cc1cccs1. The summed E-state index contributed by atoms with van der Waals surface area (Å²) in [6, 6.07) is 4.89. The topological polar surface area (TPSA) is 24.5 Å². The van der Waals surface area contributed by atoms with Crippen molar-refractivity contribution in [1.29, 1.82) is 0 Å². The van der Waals surface area contributed by atoms with Crippen molar-refractivity contribution in [3.8, 4) is 0 Å². The van der Waals surface area contributed by atoms with E-state index in [9.17, 15) is 0 Å². The molecule has 0 saturated carbocycles. The van der Waals surface area contributed by atoms with Crippen LogP contribution in [0.3, 0.4) is 0 Å². The van der Waals surface area contributed by atoms with Gasteiger partial charge >= 0.3 is 0 Å². The van der Waals surface area contributed by atoms with E-state index < -0.39 is 0 Å². The number of rotatable bonds is 6. The average Bonchev–Trinajstić information content (AvgIpc) is 2.88. The Kier molecular flexibility index (Phi) is 5.45. The summed E-state index contributed by atoms with van der Waals surface area (Å²) in [6.45, 7) is 8.32. The molecule has 4 heteroatoms. The highest BCUT2D eigenvalue weighted by Crippen LogP contribution is 2.12. The standard InChI is InChI=1S/C13H22N2OS/c1-2-15(10-13-4-3-9-17-13)7-5-12-11-16-8-6-14-12/h3-4,9,12,14H,2,5-8,10-11H2,1H3. The van der Waals surface area contributed by atoms with Crippen LogP contribution in [0.15, 0.2) is 17.5 Å². The maximum Gasteiger partial charge on any atom is 0.0620 e. The van der Waals surface area contributed by atoms with Gasteiger partial charge in [0.2, 0.25) is 0 Å². The molecule has 0 radical (unpaired) electrons. The lowest BCUT2D eigenvalue weighted by Crippen LogP contribution is -2.43. The lowest BCUT2D eigenvalue weighted by molar-refractivity contribution is 0.0699. The smallest absolute Gasteiger partial charge is 0.0620 e. The van der Waals surface area contributed by atoms with Crippen molar-refractivity contribution in [3.63, 3.8) is 0 Å². The van der Waals surface area contributed by atoms with Gasteiger partial charge in [-0.05, 0) is 24.4 Å². The fourth-order valence-corrected chi connectivity index (χ4v) is 2.86. The van der Waals surface area contributed by atoms with E-state index in [2.05, 4.69) is 34.7 Å². The quantitative estimate of drug-likeness (QED) is 0.840. The van der Waals surface area contributed by atoms with Gasteiger partial charge in [0.05, 0.1) is 13.2 Å². The third-order valence-electron chi connectivity index (χ3n) is 3.20. The van der Waals surface area contributed by atoms with E-state index in [0.717, 1.165) is 39.4 Å². The molecular formula is C13H22N2OS. The van der Waals surface area contributed by atoms with Crippen molar-refractivity contribution in [2.45, 2.75) is 25.9 Å². The highest BCUT2D eigenvalue weighted by atomic mass is 32.1. The molecule has 0 amide bonds. The van der Waals surface area contributed by atoms with E-state index in [0.29, 0.717) is 6.04 Å². The molecule has 1 fully saturated rings. The predicted molar refractivity (Wildman–Crippen MR) is 72.5 cm³/mol. The number of thiophene rings is 1. The molecule has 3 nitrogen and oxygen atoms in total. The van der Waals surface area contributed by atoms with Crippen LogP contribution in [0.25, 0.3) is 0 Å². The van der Waals surface area contributed by atoms with Crippen molar-refractivity contribution in [2.75, 3.05) is 32.8 Å². The van der Waals surface area contributed by atoms with Gasteiger partial charge in [-0.15, -0.1) is 11.3 Å². The normalized spacial score (nSPS) is 20.9. The molecule has 17 heavy (non-hydrogen) atoms. The molecule has 1 aliphatic rings. The Labute approximate surface area is 108 Å². The lowest BCUT2D eigenvalue weighted by atomic mass is 10.2. The van der Waals surface area contributed by atoms with Crippen LogP contribution in [0.2, 0.25) is 0 Å². The van der Waals surface area contributed by atoms with Gasteiger partial charge in [0, 0.05) is 30.6 Å². The zero-order chi connectivity index (χ0) is 11.9. The molecule has 1 aromatic heterocycles. The fraction of sp³-hybridized carbons (Fsp3) is 0.692. The van der Waals surface area contributed by atoms with Crippen LogP contribution in [0.1, 0.15) is 18.2 Å². The molecule has 1 atom stereocenters. The van der Waals surface area contributed by atoms with Crippen LogP contribution in [0.4, 0.5) is 0 Å². The third-order valence-corrected chi connectivity index (χ3v) is 4.06. The molecule has 0 spiro atoms. The van der Waals surface area contributed by atoms with Crippen LogP contribution in [-0.2, 0) is 11.3 Å². The van der Waals surface area contributed by atoms with E-state index in [4.69, 9.17) is 4.74 Å². The summed E-state index contributed by atoms with van der Waals surface area (Å²) < 4.78 is 5.47. The van der Waals surface area contributed by atoms with E-state index in [-0.39, 0.29) is 0 Å². The van der Waals surface area contributed by atoms with E-state index >= 15 is 0 Å². The number of morpholine rings is 1. The van der Waals surface area contributed by atoms with Crippen LogP contribution < -0.4 is 5.32 Å². The monoisotopic (exact) mass is 254 g/mol. The van der Waals surface area contributed by atoms with Crippen LogP contribution >= 0.6 is 11.3 Å². The Morgan fingerprint density at radius 1 is 1.59 bits per heavy atom. The number of nitrogens with one attached hydrogen (secondary N) is 1. The second kappa shape index (κ2) is 7.11. The molecule has 2 rings (SSSR count). The third kappa shape index (κ3) is 4.39. The first-order chi connectivity index (χ1) is 8.38. The predicted octanol–water partition coefficient (Wildman–Crippen LogP) is 1.95. The Balaban J connectivity index is 1.71. The summed E-state index contributed by atoms with van der Waals surface area (Å²) in [6.07, 6.45) is 1.18. The van der Waals surface area contributed by atoms with Gasteiger partial charge in [-0.1, -0.05) is 13.0 Å². The first kappa shape index (κ1) is 13.0. The van der Waals surface area contributed by atoms with E-state index in [1.54, 1.807) is 0 Å². The zero-order valence-corrected chi connectivity index (χ0v) is 11.3. The molecule has 1 aliphatic heterocycles. The molecule has 1 unspecified atom stereocenters. The van der Waals surface area contributed by atoms with Gasteiger partial charge in [-0.2, -0.15) is 0 Å². The first-order valence-electron chi connectivity index (χ1n) is 6.44. The molecule has 0 bridgehead atoms. The van der Waals surface area contributed by atoms with Crippen LogP contribution in [0.5, 0.6) is 0 Å². The largest absolute Gasteiger partial charge is 0.379 e. The van der Waals surface area contributed by atoms with E-state index in [1.807, 2.05) is 11.3 Å². The van der Waals surface area contributed by atoms with Crippen molar-refractivity contribution >= 4 is 11.3 Å². The minimum atomic E-state index is 0.543. The summed E-state index contributed by atoms with van der Waals surface area (Å²) >= 11 is 1.85. The second-order valence-corrected chi connectivity index (χ2v) is 5.50.